The summed E-state index contributed by atoms with van der Waals surface area (Å²) in [6.07, 6.45) is 6.67. The van der Waals surface area contributed by atoms with Crippen molar-refractivity contribution >= 4 is 0 Å². The zero-order valence-electron chi connectivity index (χ0n) is 11.0. The summed E-state index contributed by atoms with van der Waals surface area (Å²) in [7, 11) is 0. The average molecular weight is 228 g/mol. The van der Waals surface area contributed by atoms with Gasteiger partial charge in [-0.1, -0.05) is 19.8 Å². The fourth-order valence-electron chi connectivity index (χ4n) is 2.53. The highest BCUT2D eigenvalue weighted by Crippen LogP contribution is 2.18. The molecule has 1 aliphatic heterocycles. The van der Waals surface area contributed by atoms with E-state index in [9.17, 15) is 0 Å². The first-order chi connectivity index (χ1) is 7.81. The molecule has 2 N–H and O–H groups in total. The van der Waals surface area contributed by atoms with Crippen molar-refractivity contribution in [2.75, 3.05) is 26.2 Å². The maximum absolute atomic E-state index is 5.86. The molecule has 1 unspecified atom stereocenters. The lowest BCUT2D eigenvalue weighted by Crippen LogP contribution is -2.46. The van der Waals surface area contributed by atoms with Gasteiger partial charge >= 0.3 is 0 Å². The van der Waals surface area contributed by atoms with Crippen LogP contribution in [0.3, 0.4) is 0 Å². The number of likely N-dealkylation sites (tertiary alicyclic amines) is 1. The molecule has 0 amide bonds. The number of rotatable bonds is 7. The monoisotopic (exact) mass is 228 g/mol. The first-order valence-corrected chi connectivity index (χ1v) is 6.87. The van der Waals surface area contributed by atoms with Crippen LogP contribution >= 0.6 is 0 Å². The van der Waals surface area contributed by atoms with E-state index in [-0.39, 0.29) is 0 Å². The zero-order valence-corrected chi connectivity index (χ0v) is 11.0. The predicted molar refractivity (Wildman–Crippen MR) is 68.6 cm³/mol. The Morgan fingerprint density at radius 2 is 2.00 bits per heavy atom. The van der Waals surface area contributed by atoms with Crippen molar-refractivity contribution in [1.29, 1.82) is 0 Å². The van der Waals surface area contributed by atoms with E-state index in [2.05, 4.69) is 18.7 Å². The molecule has 0 radical (unpaired) electrons. The van der Waals surface area contributed by atoms with E-state index >= 15 is 0 Å². The Hall–Kier alpha value is -0.120. The van der Waals surface area contributed by atoms with Gasteiger partial charge in [0.2, 0.25) is 0 Å². The molecule has 0 bridgehead atoms. The Morgan fingerprint density at radius 3 is 2.50 bits per heavy atom. The molecule has 0 saturated carbocycles. The molecule has 1 aliphatic rings. The molecule has 96 valence electrons. The predicted octanol–water partition coefficient (Wildman–Crippen LogP) is 2.00. The van der Waals surface area contributed by atoms with Gasteiger partial charge in [-0.3, -0.25) is 4.90 Å². The second kappa shape index (κ2) is 8.04. The van der Waals surface area contributed by atoms with Crippen LogP contribution in [0.15, 0.2) is 0 Å². The molecule has 1 rings (SSSR count). The highest BCUT2D eigenvalue weighted by Gasteiger charge is 2.23. The maximum Gasteiger partial charge on any atom is 0.0599 e. The number of piperidine rings is 1. The lowest BCUT2D eigenvalue weighted by atomic mass is 10.0. The molecular formula is C13H28N2O. The maximum atomic E-state index is 5.86. The van der Waals surface area contributed by atoms with Gasteiger partial charge in [0.05, 0.1) is 6.10 Å². The standard InChI is InChI=1S/C13H28N2O/c1-3-5-6-12(11-14)15-9-7-13(8-10-15)16-4-2/h12-13H,3-11,14H2,1-2H3. The Kier molecular flexibility index (Phi) is 7.01. The van der Waals surface area contributed by atoms with Crippen molar-refractivity contribution in [3.63, 3.8) is 0 Å². The smallest absolute Gasteiger partial charge is 0.0599 e. The van der Waals surface area contributed by atoms with Gasteiger partial charge in [0, 0.05) is 32.3 Å². The van der Waals surface area contributed by atoms with Gasteiger partial charge in [-0.25, -0.2) is 0 Å². The Bertz CT molecular complexity index is 167. The number of hydrogen-bond acceptors (Lipinski definition) is 3. The largest absolute Gasteiger partial charge is 0.378 e. The summed E-state index contributed by atoms with van der Waals surface area (Å²) >= 11 is 0. The second-order valence-corrected chi connectivity index (χ2v) is 4.72. The minimum atomic E-state index is 0.492. The van der Waals surface area contributed by atoms with Crippen LogP contribution in [0.2, 0.25) is 0 Å². The number of nitrogens with two attached hydrogens (primary N) is 1. The zero-order chi connectivity index (χ0) is 11.8. The molecule has 0 spiro atoms. The lowest BCUT2D eigenvalue weighted by Gasteiger charge is -2.37. The molecule has 0 aromatic rings. The summed E-state index contributed by atoms with van der Waals surface area (Å²) in [5.41, 5.74) is 5.86. The Labute approximate surface area is 100 Å². The average Bonchev–Trinajstić information content (AvgIpc) is 2.32. The highest BCUT2D eigenvalue weighted by atomic mass is 16.5. The van der Waals surface area contributed by atoms with Crippen LogP contribution in [-0.4, -0.2) is 43.3 Å². The summed E-state index contributed by atoms with van der Waals surface area (Å²) in [5, 5.41) is 0. The molecule has 1 saturated heterocycles. The number of nitrogens with zero attached hydrogens (tertiary/aromatic N) is 1. The van der Waals surface area contributed by atoms with E-state index in [4.69, 9.17) is 10.5 Å². The molecule has 0 aliphatic carbocycles. The fraction of sp³-hybridized carbons (Fsp3) is 1.00. The number of hydrogen-bond donors (Lipinski definition) is 1. The number of unbranched alkanes of at least 4 members (excludes halogenated alkanes) is 1. The topological polar surface area (TPSA) is 38.5 Å². The third-order valence-electron chi connectivity index (χ3n) is 3.56. The summed E-state index contributed by atoms with van der Waals surface area (Å²) in [6, 6.07) is 0.600. The third-order valence-corrected chi connectivity index (χ3v) is 3.56. The molecular weight excluding hydrogens is 200 g/mol. The van der Waals surface area contributed by atoms with Crippen LogP contribution in [0, 0.1) is 0 Å². The Morgan fingerprint density at radius 1 is 1.31 bits per heavy atom. The lowest BCUT2D eigenvalue weighted by molar-refractivity contribution is 0.00375. The van der Waals surface area contributed by atoms with Crippen LogP contribution in [0.4, 0.5) is 0 Å². The molecule has 1 fully saturated rings. The normalized spacial score (nSPS) is 21.2. The highest BCUT2D eigenvalue weighted by molar-refractivity contribution is 4.79. The van der Waals surface area contributed by atoms with Crippen molar-refractivity contribution in [2.24, 2.45) is 5.73 Å². The van der Waals surface area contributed by atoms with Gasteiger partial charge in [-0.2, -0.15) is 0 Å². The number of ether oxygens (including phenoxy) is 1. The summed E-state index contributed by atoms with van der Waals surface area (Å²) in [5.74, 6) is 0. The van der Waals surface area contributed by atoms with Crippen molar-refractivity contribution < 1.29 is 4.74 Å². The molecule has 3 nitrogen and oxygen atoms in total. The van der Waals surface area contributed by atoms with Crippen LogP contribution < -0.4 is 5.73 Å². The molecule has 16 heavy (non-hydrogen) atoms. The van der Waals surface area contributed by atoms with E-state index in [1.165, 1.54) is 32.1 Å². The van der Waals surface area contributed by atoms with Gasteiger partial charge in [0.1, 0.15) is 0 Å². The SMILES string of the molecule is CCCCC(CN)N1CCC(OCC)CC1. The van der Waals surface area contributed by atoms with Crippen molar-refractivity contribution in [2.45, 2.75) is 58.1 Å². The molecule has 0 aromatic heterocycles. The van der Waals surface area contributed by atoms with Gasteiger partial charge < -0.3 is 10.5 Å². The van der Waals surface area contributed by atoms with E-state index < -0.39 is 0 Å². The summed E-state index contributed by atoms with van der Waals surface area (Å²) in [4.78, 5) is 2.56. The van der Waals surface area contributed by atoms with E-state index in [1.54, 1.807) is 0 Å². The first-order valence-electron chi connectivity index (χ1n) is 6.87. The fourth-order valence-corrected chi connectivity index (χ4v) is 2.53. The summed E-state index contributed by atoms with van der Waals surface area (Å²) in [6.45, 7) is 8.30. The van der Waals surface area contributed by atoms with Gasteiger partial charge in [-0.15, -0.1) is 0 Å². The third kappa shape index (κ3) is 4.40. The van der Waals surface area contributed by atoms with Gasteiger partial charge in [-0.05, 0) is 26.2 Å². The van der Waals surface area contributed by atoms with Crippen LogP contribution in [0.1, 0.15) is 46.0 Å². The quantitative estimate of drug-likeness (QED) is 0.724. The van der Waals surface area contributed by atoms with Crippen molar-refractivity contribution in [1.82, 2.24) is 4.90 Å². The first kappa shape index (κ1) is 13.9. The van der Waals surface area contributed by atoms with Gasteiger partial charge in [0.15, 0.2) is 0 Å². The molecule has 1 atom stereocenters. The van der Waals surface area contributed by atoms with Crippen LogP contribution in [0.5, 0.6) is 0 Å². The van der Waals surface area contributed by atoms with Crippen molar-refractivity contribution in [3.05, 3.63) is 0 Å². The molecule has 0 aromatic carbocycles. The molecule has 3 heteroatoms. The van der Waals surface area contributed by atoms with Gasteiger partial charge in [0.25, 0.3) is 0 Å². The van der Waals surface area contributed by atoms with Crippen LogP contribution in [-0.2, 0) is 4.74 Å². The Balaban J connectivity index is 2.27. The molecule has 1 heterocycles. The van der Waals surface area contributed by atoms with E-state index in [0.29, 0.717) is 12.1 Å². The minimum absolute atomic E-state index is 0.492. The minimum Gasteiger partial charge on any atom is -0.378 e. The van der Waals surface area contributed by atoms with E-state index in [0.717, 1.165) is 26.2 Å². The van der Waals surface area contributed by atoms with Crippen LogP contribution in [0.25, 0.3) is 0 Å². The van der Waals surface area contributed by atoms with Crippen molar-refractivity contribution in [3.8, 4) is 0 Å². The second-order valence-electron chi connectivity index (χ2n) is 4.72. The summed E-state index contributed by atoms with van der Waals surface area (Å²) < 4.78 is 5.67. The van der Waals surface area contributed by atoms with E-state index in [1.807, 2.05) is 0 Å².